The summed E-state index contributed by atoms with van der Waals surface area (Å²) in [6.07, 6.45) is -9.14. The Kier molecular flexibility index (Phi) is 8.22. The molecule has 0 saturated carbocycles. The van der Waals surface area contributed by atoms with E-state index in [1.165, 1.54) is 41.3 Å². The van der Waals surface area contributed by atoms with Gasteiger partial charge < -0.3 is 10.6 Å². The number of carbonyl (C=O) groups excluding carboxylic acids is 2. The second-order valence-electron chi connectivity index (χ2n) is 8.09. The van der Waals surface area contributed by atoms with Crippen molar-refractivity contribution in [3.63, 3.8) is 0 Å². The number of hydrogen-bond acceptors (Lipinski definition) is 3. The minimum Gasteiger partial charge on any atom is -0.383 e. The summed E-state index contributed by atoms with van der Waals surface area (Å²) in [6.45, 7) is -0.140. The number of rotatable bonds is 5. The van der Waals surface area contributed by atoms with Crippen molar-refractivity contribution >= 4 is 34.1 Å². The summed E-state index contributed by atoms with van der Waals surface area (Å²) in [7, 11) is -1.04. The number of hydrogen-bond donors (Lipinski definition) is 1. The number of alkyl halides is 6. The predicted octanol–water partition coefficient (Wildman–Crippen LogP) is 4.19. The Labute approximate surface area is 204 Å². The zero-order valence-electron chi connectivity index (χ0n) is 18.6. The van der Waals surface area contributed by atoms with Crippen molar-refractivity contribution in [2.24, 2.45) is 16.6 Å². The van der Waals surface area contributed by atoms with Gasteiger partial charge in [-0.1, -0.05) is 30.3 Å². The molecule has 6 nitrogen and oxygen atoms in total. The van der Waals surface area contributed by atoms with E-state index in [0.717, 1.165) is 12.1 Å². The second-order valence-corrected chi connectivity index (χ2v) is 9.79. The molecule has 36 heavy (non-hydrogen) atoms. The smallest absolute Gasteiger partial charge is 0.383 e. The summed E-state index contributed by atoms with van der Waals surface area (Å²) in [5.74, 6) is -3.34. The minimum atomic E-state index is -5.18. The van der Waals surface area contributed by atoms with Crippen LogP contribution in [0.3, 0.4) is 0 Å². The Balaban J connectivity index is 1.89. The van der Waals surface area contributed by atoms with Gasteiger partial charge in [-0.3, -0.25) is 13.8 Å². The zero-order chi connectivity index (χ0) is 26.7. The van der Waals surface area contributed by atoms with E-state index in [4.69, 9.17) is 5.73 Å². The van der Waals surface area contributed by atoms with Gasteiger partial charge in [-0.2, -0.15) is 31.3 Å². The number of halogens is 6. The average Bonchev–Trinajstić information content (AvgIpc) is 2.82. The normalized spacial score (nSPS) is 19.1. The molecule has 1 heterocycles. The molecular weight excluding hydrogens is 512 g/mol. The highest BCUT2D eigenvalue weighted by molar-refractivity contribution is 7.85. The van der Waals surface area contributed by atoms with Gasteiger partial charge in [0.25, 0.3) is 0 Å². The largest absolute Gasteiger partial charge is 0.473 e. The number of aliphatic imine (C=N–C) groups is 1. The van der Waals surface area contributed by atoms with Crippen LogP contribution in [0.25, 0.3) is 0 Å². The van der Waals surface area contributed by atoms with E-state index >= 15 is 0 Å². The van der Waals surface area contributed by atoms with Crippen LogP contribution in [0.4, 0.5) is 32.0 Å². The Morgan fingerprint density at radius 1 is 1.00 bits per heavy atom. The molecule has 0 atom stereocenters. The zero-order valence-corrected chi connectivity index (χ0v) is 19.4. The lowest BCUT2D eigenvalue weighted by Crippen LogP contribution is -2.38. The Morgan fingerprint density at radius 3 is 2.17 bits per heavy atom. The number of carbonyl (C=O) groups is 2. The van der Waals surface area contributed by atoms with Gasteiger partial charge in [0.1, 0.15) is 5.84 Å². The maximum absolute atomic E-state index is 13.3. The van der Waals surface area contributed by atoms with Gasteiger partial charge >= 0.3 is 18.3 Å². The van der Waals surface area contributed by atoms with Crippen LogP contribution >= 0.6 is 0 Å². The van der Waals surface area contributed by atoms with Crippen molar-refractivity contribution in [1.29, 1.82) is 0 Å². The first-order valence-corrected chi connectivity index (χ1v) is 12.1. The number of nitrogens with zero attached hydrogens (tertiary/aromatic N) is 2. The summed E-state index contributed by atoms with van der Waals surface area (Å²) in [4.78, 5) is 28.4. The highest BCUT2D eigenvalue weighted by atomic mass is 32.2. The molecule has 1 aliphatic heterocycles. The van der Waals surface area contributed by atoms with Gasteiger partial charge in [-0.15, -0.1) is 0 Å². The van der Waals surface area contributed by atoms with E-state index < -0.39 is 52.3 Å². The quantitative estimate of drug-likeness (QED) is 0.355. The number of nitrogens with two attached hydrogens (primary N) is 1. The first-order valence-electron chi connectivity index (χ1n) is 10.6. The Hall–Kier alpha value is -3.22. The maximum atomic E-state index is 13.3. The molecule has 0 radical (unpaired) electrons. The topological polar surface area (TPSA) is 92.8 Å². The molecule has 0 aromatic heterocycles. The molecule has 13 heteroatoms. The van der Waals surface area contributed by atoms with Gasteiger partial charge in [-0.25, -0.2) is 0 Å². The predicted molar refractivity (Wildman–Crippen MR) is 121 cm³/mol. The maximum Gasteiger partial charge on any atom is 0.473 e. The molecule has 3 rings (SSSR count). The third-order valence-corrected chi connectivity index (χ3v) is 6.93. The van der Waals surface area contributed by atoms with Gasteiger partial charge in [0.15, 0.2) is 0 Å². The molecule has 2 aromatic rings. The highest BCUT2D eigenvalue weighted by Crippen LogP contribution is 2.33. The SMILES string of the molecule is NC(=NC(=O)C(F)(F)F)c1ccc(CN(C(=O)C2CCS(=O)CC2)c2cccc(C(F)(F)F)c2)cc1. The molecule has 2 N–H and O–H groups in total. The molecule has 2 amide bonds. The van der Waals surface area contributed by atoms with E-state index in [-0.39, 0.29) is 17.8 Å². The van der Waals surface area contributed by atoms with Crippen LogP contribution < -0.4 is 10.6 Å². The number of anilines is 1. The van der Waals surface area contributed by atoms with Crippen molar-refractivity contribution in [3.05, 3.63) is 65.2 Å². The van der Waals surface area contributed by atoms with Gasteiger partial charge in [-0.05, 0) is 36.6 Å². The van der Waals surface area contributed by atoms with Crippen molar-refractivity contribution in [1.82, 2.24) is 0 Å². The second kappa shape index (κ2) is 10.8. The fourth-order valence-corrected chi connectivity index (χ4v) is 4.91. The summed E-state index contributed by atoms with van der Waals surface area (Å²) < 4.78 is 88.8. The molecule has 1 fully saturated rings. The average molecular weight is 533 g/mol. The van der Waals surface area contributed by atoms with E-state index in [1.54, 1.807) is 0 Å². The van der Waals surface area contributed by atoms with Crippen LogP contribution in [-0.4, -0.2) is 39.5 Å². The lowest BCUT2D eigenvalue weighted by atomic mass is 9.99. The molecule has 2 aromatic carbocycles. The van der Waals surface area contributed by atoms with Crippen LogP contribution in [0.1, 0.15) is 29.5 Å². The molecule has 0 spiro atoms. The van der Waals surface area contributed by atoms with Gasteiger partial charge in [0.05, 0.1) is 12.1 Å². The fraction of sp³-hybridized carbons (Fsp3) is 0.348. The first-order chi connectivity index (χ1) is 16.8. The van der Waals surface area contributed by atoms with Gasteiger partial charge in [0.2, 0.25) is 5.91 Å². The third-order valence-electron chi connectivity index (χ3n) is 5.54. The summed E-state index contributed by atoms with van der Waals surface area (Å²) >= 11 is 0. The van der Waals surface area contributed by atoms with Crippen molar-refractivity contribution in [2.75, 3.05) is 16.4 Å². The number of amides is 2. The number of benzene rings is 2. The van der Waals surface area contributed by atoms with Crippen LogP contribution in [-0.2, 0) is 33.1 Å². The van der Waals surface area contributed by atoms with Crippen LogP contribution in [0.15, 0.2) is 53.5 Å². The van der Waals surface area contributed by atoms with Crippen LogP contribution in [0.5, 0.6) is 0 Å². The molecular formula is C23H21F6N3O3S. The summed E-state index contributed by atoms with van der Waals surface area (Å²) in [5.41, 5.74) is 5.02. The minimum absolute atomic E-state index is 0.0162. The van der Waals surface area contributed by atoms with Crippen molar-refractivity contribution < 1.29 is 40.1 Å². The third kappa shape index (κ3) is 6.93. The number of amidine groups is 1. The van der Waals surface area contributed by atoms with Crippen molar-refractivity contribution in [2.45, 2.75) is 31.7 Å². The monoisotopic (exact) mass is 533 g/mol. The van der Waals surface area contributed by atoms with E-state index in [2.05, 4.69) is 4.99 Å². The van der Waals surface area contributed by atoms with Crippen LogP contribution in [0.2, 0.25) is 0 Å². The van der Waals surface area contributed by atoms with Crippen molar-refractivity contribution in [3.8, 4) is 0 Å². The first kappa shape index (κ1) is 27.4. The molecule has 1 aliphatic rings. The molecule has 194 valence electrons. The molecule has 0 unspecified atom stereocenters. The van der Waals surface area contributed by atoms with E-state index in [1.807, 2.05) is 0 Å². The summed E-state index contributed by atoms with van der Waals surface area (Å²) in [5, 5.41) is 0. The molecule has 1 saturated heterocycles. The molecule has 0 bridgehead atoms. The highest BCUT2D eigenvalue weighted by Gasteiger charge is 2.39. The summed E-state index contributed by atoms with van der Waals surface area (Å²) in [6, 6.07) is 9.71. The fourth-order valence-electron chi connectivity index (χ4n) is 3.61. The standard InChI is InChI=1S/C23H21F6N3O3S/c24-22(25,26)17-2-1-3-18(12-17)32(20(33)16-8-10-36(35)11-9-16)13-14-4-6-15(7-5-14)19(30)31-21(34)23(27,28)29/h1-7,12,16H,8-11,13H2,(H2,30,31,34). The lowest BCUT2D eigenvalue weighted by molar-refractivity contribution is -0.169. The van der Waals surface area contributed by atoms with Crippen LogP contribution in [0, 0.1) is 5.92 Å². The Morgan fingerprint density at radius 2 is 1.61 bits per heavy atom. The van der Waals surface area contributed by atoms with Gasteiger partial charge in [0, 0.05) is 39.5 Å². The van der Waals surface area contributed by atoms with E-state index in [9.17, 15) is 40.1 Å². The molecule has 0 aliphatic carbocycles. The van der Waals surface area contributed by atoms with E-state index in [0.29, 0.717) is 29.9 Å². The Bertz CT molecular complexity index is 1170. The lowest BCUT2D eigenvalue weighted by Gasteiger charge is -2.30.